The molecule has 0 atom stereocenters. The highest BCUT2D eigenvalue weighted by Gasteiger charge is 2.04. The van der Waals surface area contributed by atoms with Crippen LogP contribution in [0.2, 0.25) is 0 Å². The van der Waals surface area contributed by atoms with Crippen LogP contribution >= 0.6 is 0 Å². The lowest BCUT2D eigenvalue weighted by Gasteiger charge is -2.10. The number of aromatic nitrogens is 2. The van der Waals surface area contributed by atoms with Gasteiger partial charge in [-0.3, -0.25) is 0 Å². The second kappa shape index (κ2) is 6.27. The lowest BCUT2D eigenvalue weighted by molar-refractivity contribution is 0.0541. The Morgan fingerprint density at radius 2 is 2.12 bits per heavy atom. The molecule has 1 aromatic rings. The highest BCUT2D eigenvalue weighted by atomic mass is 16.5. The van der Waals surface area contributed by atoms with Gasteiger partial charge in [-0.25, -0.2) is 4.98 Å². The first-order chi connectivity index (χ1) is 7.63. The Balaban J connectivity index is 2.46. The maximum Gasteiger partial charge on any atom is 0.225 e. The van der Waals surface area contributed by atoms with Crippen LogP contribution in [0, 0.1) is 6.92 Å². The fourth-order valence-electron chi connectivity index (χ4n) is 1.12. The van der Waals surface area contributed by atoms with E-state index in [1.807, 2.05) is 20.8 Å². The van der Waals surface area contributed by atoms with Crippen LogP contribution in [-0.4, -0.2) is 36.3 Å². The van der Waals surface area contributed by atoms with Crippen molar-refractivity contribution in [1.82, 2.24) is 9.97 Å². The minimum absolute atomic E-state index is 0.225. The van der Waals surface area contributed by atoms with Crippen molar-refractivity contribution < 1.29 is 9.47 Å². The van der Waals surface area contributed by atoms with Crippen molar-refractivity contribution >= 4 is 5.95 Å². The Hall–Kier alpha value is -1.36. The summed E-state index contributed by atoms with van der Waals surface area (Å²) in [5.41, 5.74) is 0.920. The smallest absolute Gasteiger partial charge is 0.225 e. The van der Waals surface area contributed by atoms with E-state index in [2.05, 4.69) is 15.3 Å². The van der Waals surface area contributed by atoms with Gasteiger partial charge in [0.2, 0.25) is 11.8 Å². The van der Waals surface area contributed by atoms with Crippen molar-refractivity contribution in [1.29, 1.82) is 0 Å². The standard InChI is InChI=1S/C11H19N3O2/c1-8(2)15-5-6-16-10-9(3)7-13-11(12-4)14-10/h7-8H,5-6H2,1-4H3,(H,12,13,14). The first-order valence-corrected chi connectivity index (χ1v) is 5.39. The van der Waals surface area contributed by atoms with E-state index in [0.29, 0.717) is 25.0 Å². The van der Waals surface area contributed by atoms with Crippen LogP contribution < -0.4 is 10.1 Å². The molecule has 16 heavy (non-hydrogen) atoms. The second-order valence-electron chi connectivity index (χ2n) is 3.70. The molecule has 0 aromatic carbocycles. The van der Waals surface area contributed by atoms with E-state index in [1.165, 1.54) is 0 Å². The van der Waals surface area contributed by atoms with E-state index in [1.54, 1.807) is 13.2 Å². The zero-order chi connectivity index (χ0) is 12.0. The van der Waals surface area contributed by atoms with Gasteiger partial charge in [-0.15, -0.1) is 0 Å². The van der Waals surface area contributed by atoms with Gasteiger partial charge < -0.3 is 14.8 Å². The Labute approximate surface area is 96.2 Å². The fourth-order valence-corrected chi connectivity index (χ4v) is 1.12. The van der Waals surface area contributed by atoms with Gasteiger partial charge in [-0.2, -0.15) is 4.98 Å². The van der Waals surface area contributed by atoms with Crippen LogP contribution in [-0.2, 0) is 4.74 Å². The number of ether oxygens (including phenoxy) is 2. The number of hydrogen-bond acceptors (Lipinski definition) is 5. The number of anilines is 1. The largest absolute Gasteiger partial charge is 0.475 e. The molecule has 0 aliphatic rings. The molecule has 0 unspecified atom stereocenters. The van der Waals surface area contributed by atoms with Gasteiger partial charge in [-0.05, 0) is 20.8 Å². The quantitative estimate of drug-likeness (QED) is 0.746. The van der Waals surface area contributed by atoms with Crippen LogP contribution in [0.4, 0.5) is 5.95 Å². The number of rotatable bonds is 6. The molecule has 0 bridgehead atoms. The third-order valence-electron chi connectivity index (χ3n) is 1.92. The minimum Gasteiger partial charge on any atom is -0.475 e. The molecule has 0 saturated carbocycles. The van der Waals surface area contributed by atoms with Crippen LogP contribution in [0.5, 0.6) is 5.88 Å². The summed E-state index contributed by atoms with van der Waals surface area (Å²) in [6.45, 7) is 6.97. The summed E-state index contributed by atoms with van der Waals surface area (Å²) in [6, 6.07) is 0. The third kappa shape index (κ3) is 4.02. The summed E-state index contributed by atoms with van der Waals surface area (Å²) in [7, 11) is 1.77. The maximum atomic E-state index is 5.51. The van der Waals surface area contributed by atoms with Gasteiger partial charge in [0, 0.05) is 18.8 Å². The summed E-state index contributed by atoms with van der Waals surface area (Å²) in [4.78, 5) is 8.29. The Kier molecular flexibility index (Phi) is 4.98. The number of nitrogens with one attached hydrogen (secondary N) is 1. The van der Waals surface area contributed by atoms with Gasteiger partial charge >= 0.3 is 0 Å². The average Bonchev–Trinajstić information content (AvgIpc) is 2.26. The molecule has 0 spiro atoms. The molecule has 1 N–H and O–H groups in total. The number of hydrogen-bond donors (Lipinski definition) is 1. The second-order valence-corrected chi connectivity index (χ2v) is 3.70. The summed E-state index contributed by atoms with van der Waals surface area (Å²) < 4.78 is 10.9. The molecule has 1 rings (SSSR count). The van der Waals surface area contributed by atoms with E-state index in [0.717, 1.165) is 5.56 Å². The lowest BCUT2D eigenvalue weighted by atomic mass is 10.4. The first-order valence-electron chi connectivity index (χ1n) is 5.39. The van der Waals surface area contributed by atoms with E-state index in [4.69, 9.17) is 9.47 Å². The maximum absolute atomic E-state index is 5.51. The summed E-state index contributed by atoms with van der Waals surface area (Å²) >= 11 is 0. The minimum atomic E-state index is 0.225. The van der Waals surface area contributed by atoms with Gasteiger partial charge in [0.15, 0.2) is 0 Å². The van der Waals surface area contributed by atoms with Crippen LogP contribution in [0.3, 0.4) is 0 Å². The van der Waals surface area contributed by atoms with E-state index in [9.17, 15) is 0 Å². The van der Waals surface area contributed by atoms with E-state index < -0.39 is 0 Å². The fraction of sp³-hybridized carbons (Fsp3) is 0.636. The van der Waals surface area contributed by atoms with Crippen molar-refractivity contribution in [2.75, 3.05) is 25.6 Å². The predicted molar refractivity (Wildman–Crippen MR) is 62.9 cm³/mol. The molecule has 0 aliphatic heterocycles. The van der Waals surface area contributed by atoms with Crippen LogP contribution in [0.1, 0.15) is 19.4 Å². The molecular weight excluding hydrogens is 206 g/mol. The average molecular weight is 225 g/mol. The topological polar surface area (TPSA) is 56.3 Å². The molecule has 0 saturated heterocycles. The molecule has 0 aliphatic carbocycles. The van der Waals surface area contributed by atoms with Gasteiger partial charge in [0.05, 0.1) is 12.7 Å². The zero-order valence-corrected chi connectivity index (χ0v) is 10.3. The van der Waals surface area contributed by atoms with E-state index >= 15 is 0 Å². The Morgan fingerprint density at radius 1 is 1.38 bits per heavy atom. The monoisotopic (exact) mass is 225 g/mol. The van der Waals surface area contributed by atoms with Crippen molar-refractivity contribution in [3.05, 3.63) is 11.8 Å². The highest BCUT2D eigenvalue weighted by molar-refractivity contribution is 5.31. The van der Waals surface area contributed by atoms with Gasteiger partial charge in [0.25, 0.3) is 0 Å². The number of nitrogens with zero attached hydrogens (tertiary/aromatic N) is 2. The van der Waals surface area contributed by atoms with Crippen molar-refractivity contribution in [2.24, 2.45) is 0 Å². The normalized spacial score (nSPS) is 10.6. The molecule has 0 fully saturated rings. The molecule has 5 nitrogen and oxygen atoms in total. The van der Waals surface area contributed by atoms with Gasteiger partial charge in [-0.1, -0.05) is 0 Å². The highest BCUT2D eigenvalue weighted by Crippen LogP contribution is 2.14. The van der Waals surface area contributed by atoms with Crippen LogP contribution in [0.15, 0.2) is 6.20 Å². The van der Waals surface area contributed by atoms with Crippen LogP contribution in [0.25, 0.3) is 0 Å². The molecule has 90 valence electrons. The third-order valence-corrected chi connectivity index (χ3v) is 1.92. The SMILES string of the molecule is CNc1ncc(C)c(OCCOC(C)C)n1. The number of aryl methyl sites for hydroxylation is 1. The summed E-state index contributed by atoms with van der Waals surface area (Å²) in [5.74, 6) is 1.16. The zero-order valence-electron chi connectivity index (χ0n) is 10.3. The van der Waals surface area contributed by atoms with Gasteiger partial charge in [0.1, 0.15) is 6.61 Å². The summed E-state index contributed by atoms with van der Waals surface area (Å²) in [6.07, 6.45) is 1.96. The molecule has 1 heterocycles. The molecule has 0 amide bonds. The first kappa shape index (κ1) is 12.7. The lowest BCUT2D eigenvalue weighted by Crippen LogP contribution is -2.12. The molecule has 0 radical (unpaired) electrons. The van der Waals surface area contributed by atoms with E-state index in [-0.39, 0.29) is 6.10 Å². The molecule has 5 heteroatoms. The van der Waals surface area contributed by atoms with Crippen molar-refractivity contribution in [2.45, 2.75) is 26.9 Å². The van der Waals surface area contributed by atoms with Crippen molar-refractivity contribution in [3.63, 3.8) is 0 Å². The molecule has 1 aromatic heterocycles. The Morgan fingerprint density at radius 3 is 2.75 bits per heavy atom. The molecular formula is C11H19N3O2. The van der Waals surface area contributed by atoms with Crippen molar-refractivity contribution in [3.8, 4) is 5.88 Å². The predicted octanol–water partition coefficient (Wildman–Crippen LogP) is 1.63. The Bertz CT molecular complexity index is 329. The summed E-state index contributed by atoms with van der Waals surface area (Å²) in [5, 5.41) is 2.87.